The van der Waals surface area contributed by atoms with Crippen molar-refractivity contribution in [3.63, 3.8) is 0 Å². The predicted octanol–water partition coefficient (Wildman–Crippen LogP) is 4.53. The molecule has 0 bridgehead atoms. The van der Waals surface area contributed by atoms with Crippen molar-refractivity contribution in [2.45, 2.75) is 26.8 Å². The molecule has 0 spiro atoms. The van der Waals surface area contributed by atoms with E-state index in [0.717, 1.165) is 29.2 Å². The Hall–Kier alpha value is -3.06. The molecule has 0 saturated heterocycles. The molecule has 30 heavy (non-hydrogen) atoms. The van der Waals surface area contributed by atoms with Gasteiger partial charge in [0.1, 0.15) is 5.69 Å². The number of para-hydroxylation sites is 1. The number of hydrogen-bond donors (Lipinski definition) is 1. The zero-order valence-corrected chi connectivity index (χ0v) is 18.0. The molecule has 7 heteroatoms. The lowest BCUT2D eigenvalue weighted by atomic mass is 9.98. The number of nitrogens with one attached hydrogen (secondary N) is 1. The van der Waals surface area contributed by atoms with Crippen LogP contribution in [0.2, 0.25) is 0 Å². The highest BCUT2D eigenvalue weighted by molar-refractivity contribution is 7.71. The van der Waals surface area contributed by atoms with Crippen molar-refractivity contribution in [1.29, 1.82) is 0 Å². The molecule has 3 aromatic rings. The van der Waals surface area contributed by atoms with Gasteiger partial charge in [-0.05, 0) is 67.9 Å². The third-order valence-corrected chi connectivity index (χ3v) is 5.48. The van der Waals surface area contributed by atoms with Gasteiger partial charge in [0.05, 0.1) is 13.2 Å². The van der Waals surface area contributed by atoms with E-state index in [4.69, 9.17) is 21.7 Å². The summed E-state index contributed by atoms with van der Waals surface area (Å²) >= 11 is 5.43. The van der Waals surface area contributed by atoms with Crippen molar-refractivity contribution < 1.29 is 14.3 Å². The molecule has 4 rings (SSSR count). The van der Waals surface area contributed by atoms with Crippen LogP contribution >= 0.6 is 12.2 Å². The van der Waals surface area contributed by atoms with Gasteiger partial charge in [-0.1, -0.05) is 18.2 Å². The standard InChI is InChI=1S/C23H25N3O3S/c1-3-28-20-12-16-10-11-25(15-17(16)13-21(20)29-4-2)22(27)19-14-24-23(30)26(19)18-8-6-5-7-9-18/h5-9,12-14H,3-4,10-11,15H2,1-2H3,(H,24,30). The number of ether oxygens (including phenoxy) is 2. The van der Waals surface area contributed by atoms with Gasteiger partial charge in [0.25, 0.3) is 5.91 Å². The van der Waals surface area contributed by atoms with Gasteiger partial charge in [0.2, 0.25) is 0 Å². The molecule has 0 fully saturated rings. The molecule has 0 radical (unpaired) electrons. The first-order chi connectivity index (χ1) is 14.6. The lowest BCUT2D eigenvalue weighted by Crippen LogP contribution is -2.37. The number of imidazole rings is 1. The summed E-state index contributed by atoms with van der Waals surface area (Å²) in [4.78, 5) is 18.3. The molecule has 0 atom stereocenters. The summed E-state index contributed by atoms with van der Waals surface area (Å²) in [6, 6.07) is 13.7. The second kappa shape index (κ2) is 8.75. The van der Waals surface area contributed by atoms with Gasteiger partial charge in [-0.15, -0.1) is 0 Å². The number of carbonyl (C=O) groups is 1. The maximum Gasteiger partial charge on any atom is 0.272 e. The zero-order valence-electron chi connectivity index (χ0n) is 17.2. The summed E-state index contributed by atoms with van der Waals surface area (Å²) in [7, 11) is 0. The summed E-state index contributed by atoms with van der Waals surface area (Å²) < 4.78 is 13.8. The quantitative estimate of drug-likeness (QED) is 0.592. The number of carbonyl (C=O) groups excluding carboxylic acids is 1. The smallest absolute Gasteiger partial charge is 0.272 e. The molecule has 1 aliphatic rings. The SMILES string of the molecule is CCOc1cc2c(cc1OCC)CN(C(=O)c1c[nH]c(=S)n1-c1ccccc1)CC2. The van der Waals surface area contributed by atoms with Crippen LogP contribution in [0, 0.1) is 4.77 Å². The summed E-state index contributed by atoms with van der Waals surface area (Å²) in [6.07, 6.45) is 2.46. The van der Waals surface area contributed by atoms with Crippen molar-refractivity contribution in [2.24, 2.45) is 0 Å². The van der Waals surface area contributed by atoms with E-state index in [1.165, 1.54) is 5.56 Å². The van der Waals surface area contributed by atoms with E-state index in [1.54, 1.807) is 10.8 Å². The maximum absolute atomic E-state index is 13.4. The normalized spacial score (nSPS) is 13.1. The van der Waals surface area contributed by atoms with Crippen molar-refractivity contribution >= 4 is 18.1 Å². The molecular weight excluding hydrogens is 398 g/mol. The summed E-state index contributed by atoms with van der Waals surface area (Å²) in [6.45, 7) is 6.21. The topological polar surface area (TPSA) is 59.5 Å². The molecule has 2 heterocycles. The minimum absolute atomic E-state index is 0.0521. The Morgan fingerprint density at radius 3 is 2.40 bits per heavy atom. The van der Waals surface area contributed by atoms with Crippen molar-refractivity contribution in [1.82, 2.24) is 14.5 Å². The third kappa shape index (κ3) is 3.85. The number of benzene rings is 2. The zero-order chi connectivity index (χ0) is 21.1. The molecule has 1 aromatic heterocycles. The Morgan fingerprint density at radius 2 is 1.73 bits per heavy atom. The maximum atomic E-state index is 13.4. The number of H-pyrrole nitrogens is 1. The molecule has 0 aliphatic carbocycles. The van der Waals surface area contributed by atoms with Gasteiger partial charge in [-0.2, -0.15) is 0 Å². The Balaban J connectivity index is 1.64. The molecule has 1 N–H and O–H groups in total. The van der Waals surface area contributed by atoms with E-state index < -0.39 is 0 Å². The van der Waals surface area contributed by atoms with Crippen molar-refractivity contribution in [3.8, 4) is 17.2 Å². The Morgan fingerprint density at radius 1 is 1.07 bits per heavy atom. The van der Waals surface area contributed by atoms with E-state index in [1.807, 2.05) is 61.2 Å². The molecule has 6 nitrogen and oxygen atoms in total. The first-order valence-electron chi connectivity index (χ1n) is 10.2. The Bertz CT molecular complexity index is 1100. The summed E-state index contributed by atoms with van der Waals surface area (Å²) in [5.41, 5.74) is 3.68. The van der Waals surface area contributed by atoms with Gasteiger partial charge in [-0.3, -0.25) is 9.36 Å². The molecule has 0 saturated carbocycles. The van der Waals surface area contributed by atoms with Crippen LogP contribution in [0.25, 0.3) is 5.69 Å². The number of amides is 1. The van der Waals surface area contributed by atoms with Crippen LogP contribution in [0.4, 0.5) is 0 Å². The van der Waals surface area contributed by atoms with E-state index in [9.17, 15) is 4.79 Å². The number of rotatable bonds is 6. The van der Waals surface area contributed by atoms with Gasteiger partial charge in [0, 0.05) is 25.0 Å². The first kappa shape index (κ1) is 20.2. The fourth-order valence-electron chi connectivity index (χ4n) is 3.80. The predicted molar refractivity (Wildman–Crippen MR) is 118 cm³/mol. The van der Waals surface area contributed by atoms with Gasteiger partial charge in [-0.25, -0.2) is 0 Å². The van der Waals surface area contributed by atoms with Gasteiger partial charge in [0.15, 0.2) is 16.3 Å². The van der Waals surface area contributed by atoms with Crippen LogP contribution in [-0.4, -0.2) is 40.1 Å². The highest BCUT2D eigenvalue weighted by atomic mass is 32.1. The summed E-state index contributed by atoms with van der Waals surface area (Å²) in [5, 5.41) is 0. The van der Waals surface area contributed by atoms with Crippen LogP contribution in [0.3, 0.4) is 0 Å². The fourth-order valence-corrected chi connectivity index (χ4v) is 4.06. The fraction of sp³-hybridized carbons (Fsp3) is 0.304. The number of nitrogens with zero attached hydrogens (tertiary/aromatic N) is 2. The van der Waals surface area contributed by atoms with Crippen LogP contribution in [0.15, 0.2) is 48.7 Å². The summed E-state index contributed by atoms with van der Waals surface area (Å²) in [5.74, 6) is 1.44. The largest absolute Gasteiger partial charge is 0.490 e. The lowest BCUT2D eigenvalue weighted by Gasteiger charge is -2.30. The first-order valence-corrected chi connectivity index (χ1v) is 10.6. The Kier molecular flexibility index (Phi) is 5.90. The minimum Gasteiger partial charge on any atom is -0.490 e. The van der Waals surface area contributed by atoms with Crippen LogP contribution in [-0.2, 0) is 13.0 Å². The second-order valence-corrected chi connectivity index (χ2v) is 7.45. The highest BCUT2D eigenvalue weighted by Gasteiger charge is 2.26. The van der Waals surface area contributed by atoms with E-state index in [2.05, 4.69) is 4.98 Å². The number of fused-ring (bicyclic) bond motifs is 1. The van der Waals surface area contributed by atoms with E-state index >= 15 is 0 Å². The third-order valence-electron chi connectivity index (χ3n) is 5.17. The van der Waals surface area contributed by atoms with E-state index in [-0.39, 0.29) is 5.91 Å². The van der Waals surface area contributed by atoms with Gasteiger partial charge >= 0.3 is 0 Å². The van der Waals surface area contributed by atoms with E-state index in [0.29, 0.717) is 36.8 Å². The molecule has 2 aromatic carbocycles. The molecule has 0 unspecified atom stereocenters. The molecular formula is C23H25N3O3S. The van der Waals surface area contributed by atoms with Crippen molar-refractivity contribution in [3.05, 3.63) is 70.3 Å². The highest BCUT2D eigenvalue weighted by Crippen LogP contribution is 2.34. The number of hydrogen-bond acceptors (Lipinski definition) is 4. The Labute approximate surface area is 181 Å². The number of aromatic amines is 1. The number of aromatic nitrogens is 2. The van der Waals surface area contributed by atoms with Gasteiger partial charge < -0.3 is 19.4 Å². The molecule has 1 amide bonds. The second-order valence-electron chi connectivity index (χ2n) is 7.06. The average molecular weight is 424 g/mol. The average Bonchev–Trinajstić information content (AvgIpc) is 3.15. The van der Waals surface area contributed by atoms with Crippen LogP contribution < -0.4 is 9.47 Å². The minimum atomic E-state index is -0.0521. The van der Waals surface area contributed by atoms with Crippen LogP contribution in [0.5, 0.6) is 11.5 Å². The molecule has 1 aliphatic heterocycles. The monoisotopic (exact) mass is 423 g/mol. The molecule has 156 valence electrons. The van der Waals surface area contributed by atoms with Crippen molar-refractivity contribution in [2.75, 3.05) is 19.8 Å². The lowest BCUT2D eigenvalue weighted by molar-refractivity contribution is 0.0726. The van der Waals surface area contributed by atoms with Crippen LogP contribution in [0.1, 0.15) is 35.5 Å².